The van der Waals surface area contributed by atoms with Crippen LogP contribution in [0.1, 0.15) is 27.4 Å². The van der Waals surface area contributed by atoms with Crippen molar-refractivity contribution in [2.24, 2.45) is 0 Å². The molecule has 2 aromatic heterocycles. The lowest BCUT2D eigenvalue weighted by Crippen LogP contribution is -2.12. The Morgan fingerprint density at radius 3 is 2.71 bits per heavy atom. The molecule has 0 aliphatic carbocycles. The van der Waals surface area contributed by atoms with E-state index in [1.165, 1.54) is 7.11 Å². The number of hydrogen-bond acceptors (Lipinski definition) is 6. The van der Waals surface area contributed by atoms with Crippen molar-refractivity contribution in [2.45, 2.75) is 20.5 Å². The minimum atomic E-state index is -0.252. The van der Waals surface area contributed by atoms with E-state index in [9.17, 15) is 4.79 Å². The number of nitrogens with zero attached hydrogens (tertiary/aromatic N) is 2. The first kappa shape index (κ1) is 20.2. The Morgan fingerprint density at radius 2 is 2.00 bits per heavy atom. The normalized spacial score (nSPS) is 10.7. The first-order valence-corrected chi connectivity index (χ1v) is 9.69. The summed E-state index contributed by atoms with van der Waals surface area (Å²) < 4.78 is 16.5. The molecule has 2 N–H and O–H groups in total. The Bertz CT molecular complexity index is 1180. The molecule has 2 heterocycles. The second-order valence-corrected chi connectivity index (χ2v) is 6.96. The maximum absolute atomic E-state index is 12.8. The van der Waals surface area contributed by atoms with Gasteiger partial charge in [-0.1, -0.05) is 17.3 Å². The summed E-state index contributed by atoms with van der Waals surface area (Å²) in [7, 11) is 1.54. The predicted molar refractivity (Wildman–Crippen MR) is 115 cm³/mol. The molecule has 0 saturated heterocycles. The molecule has 0 spiro atoms. The highest BCUT2D eigenvalue weighted by Crippen LogP contribution is 2.30. The molecule has 4 rings (SSSR count). The maximum atomic E-state index is 12.8. The van der Waals surface area contributed by atoms with Gasteiger partial charge in [-0.2, -0.15) is 5.10 Å². The molecule has 0 radical (unpaired) electrons. The number of hydrogen-bond donors (Lipinski definition) is 2. The second kappa shape index (κ2) is 8.74. The van der Waals surface area contributed by atoms with Gasteiger partial charge in [-0.3, -0.25) is 9.89 Å². The lowest BCUT2D eigenvalue weighted by molar-refractivity contribution is 0.102. The number of carbonyl (C=O) groups excluding carboxylic acids is 1. The van der Waals surface area contributed by atoms with E-state index in [1.807, 2.05) is 44.2 Å². The van der Waals surface area contributed by atoms with Crippen LogP contribution in [0, 0.1) is 13.8 Å². The van der Waals surface area contributed by atoms with Gasteiger partial charge in [0.15, 0.2) is 11.5 Å². The number of anilines is 1. The molecular weight excluding hydrogens is 396 g/mol. The van der Waals surface area contributed by atoms with Gasteiger partial charge in [0.05, 0.1) is 24.1 Å². The standard InChI is InChI=1S/C23H22N4O4/c1-14-19(15(2)31-27-14)13-30-21-8-7-17(12-22(21)29-3)23(28)25-18-6-4-5-16(11-18)20-9-10-24-26-20/h4-12H,13H2,1-3H3,(H,24,26)(H,25,28). The highest BCUT2D eigenvalue weighted by Gasteiger charge is 2.14. The van der Waals surface area contributed by atoms with Crippen LogP contribution in [0.2, 0.25) is 0 Å². The average molecular weight is 418 g/mol. The number of aromatic amines is 1. The first-order chi connectivity index (χ1) is 15.0. The minimum absolute atomic E-state index is 0.252. The van der Waals surface area contributed by atoms with Gasteiger partial charge in [0.25, 0.3) is 5.91 Å². The van der Waals surface area contributed by atoms with Gasteiger partial charge in [0, 0.05) is 23.0 Å². The average Bonchev–Trinajstić information content (AvgIpc) is 3.43. The smallest absolute Gasteiger partial charge is 0.255 e. The van der Waals surface area contributed by atoms with Crippen LogP contribution < -0.4 is 14.8 Å². The zero-order valence-electron chi connectivity index (χ0n) is 17.4. The van der Waals surface area contributed by atoms with Gasteiger partial charge in [-0.05, 0) is 50.2 Å². The molecule has 0 saturated carbocycles. The number of ether oxygens (including phenoxy) is 2. The Morgan fingerprint density at radius 1 is 1.13 bits per heavy atom. The fraction of sp³-hybridized carbons (Fsp3) is 0.174. The van der Waals surface area contributed by atoms with Crippen LogP contribution in [-0.2, 0) is 6.61 Å². The number of nitrogens with one attached hydrogen (secondary N) is 2. The Balaban J connectivity index is 1.48. The summed E-state index contributed by atoms with van der Waals surface area (Å²) in [6, 6.07) is 14.4. The van der Waals surface area contributed by atoms with Crippen LogP contribution in [0.25, 0.3) is 11.3 Å². The van der Waals surface area contributed by atoms with E-state index in [0.717, 1.165) is 22.5 Å². The molecule has 0 unspecified atom stereocenters. The summed E-state index contributed by atoms with van der Waals surface area (Å²) in [5, 5.41) is 13.7. The van der Waals surface area contributed by atoms with Crippen molar-refractivity contribution < 1.29 is 18.8 Å². The van der Waals surface area contributed by atoms with Crippen LogP contribution in [0.3, 0.4) is 0 Å². The third-order valence-corrected chi connectivity index (χ3v) is 4.91. The van der Waals surface area contributed by atoms with Gasteiger partial charge in [-0.25, -0.2) is 0 Å². The summed E-state index contributed by atoms with van der Waals surface area (Å²) in [5.74, 6) is 1.45. The van der Waals surface area contributed by atoms with Crippen molar-refractivity contribution in [3.63, 3.8) is 0 Å². The van der Waals surface area contributed by atoms with Crippen LogP contribution in [-0.4, -0.2) is 28.4 Å². The molecule has 0 atom stereocenters. The lowest BCUT2D eigenvalue weighted by atomic mass is 10.1. The van der Waals surface area contributed by atoms with E-state index in [4.69, 9.17) is 14.0 Å². The second-order valence-electron chi connectivity index (χ2n) is 6.96. The van der Waals surface area contributed by atoms with Crippen molar-refractivity contribution >= 4 is 11.6 Å². The topological polar surface area (TPSA) is 102 Å². The highest BCUT2D eigenvalue weighted by atomic mass is 16.5. The molecule has 0 aliphatic heterocycles. The Labute approximate surface area is 179 Å². The molecule has 4 aromatic rings. The number of aryl methyl sites for hydroxylation is 2. The fourth-order valence-electron chi connectivity index (χ4n) is 3.17. The summed E-state index contributed by atoms with van der Waals surface area (Å²) >= 11 is 0. The molecule has 0 fully saturated rings. The first-order valence-electron chi connectivity index (χ1n) is 9.69. The van der Waals surface area contributed by atoms with Crippen LogP contribution in [0.5, 0.6) is 11.5 Å². The maximum Gasteiger partial charge on any atom is 0.255 e. The number of methoxy groups -OCH3 is 1. The van der Waals surface area contributed by atoms with Crippen molar-refractivity contribution in [3.05, 3.63) is 77.3 Å². The summed E-state index contributed by atoms with van der Waals surface area (Å²) in [6.07, 6.45) is 1.68. The summed E-state index contributed by atoms with van der Waals surface area (Å²) in [5.41, 5.74) is 4.60. The number of rotatable bonds is 7. The number of carbonyl (C=O) groups is 1. The third-order valence-electron chi connectivity index (χ3n) is 4.91. The largest absolute Gasteiger partial charge is 0.493 e. The van der Waals surface area contributed by atoms with Crippen molar-refractivity contribution in [1.82, 2.24) is 15.4 Å². The Kier molecular flexibility index (Phi) is 5.70. The summed E-state index contributed by atoms with van der Waals surface area (Å²) in [6.45, 7) is 4.00. The molecule has 158 valence electrons. The molecule has 8 heteroatoms. The third kappa shape index (κ3) is 4.42. The van der Waals surface area contributed by atoms with Gasteiger partial charge in [0.2, 0.25) is 0 Å². The monoisotopic (exact) mass is 418 g/mol. The van der Waals surface area contributed by atoms with E-state index in [-0.39, 0.29) is 5.91 Å². The van der Waals surface area contributed by atoms with Crippen LogP contribution >= 0.6 is 0 Å². The number of benzene rings is 2. The van der Waals surface area contributed by atoms with Gasteiger partial charge in [0.1, 0.15) is 12.4 Å². The number of aromatic nitrogens is 3. The van der Waals surface area contributed by atoms with Crippen LogP contribution in [0.4, 0.5) is 5.69 Å². The Hall–Kier alpha value is -4.07. The molecule has 31 heavy (non-hydrogen) atoms. The van der Waals surface area contributed by atoms with E-state index < -0.39 is 0 Å². The van der Waals surface area contributed by atoms with Gasteiger partial charge < -0.3 is 19.3 Å². The van der Waals surface area contributed by atoms with E-state index in [1.54, 1.807) is 24.4 Å². The van der Waals surface area contributed by atoms with Crippen molar-refractivity contribution in [2.75, 3.05) is 12.4 Å². The molecular formula is C23H22N4O4. The van der Waals surface area contributed by atoms with E-state index >= 15 is 0 Å². The van der Waals surface area contributed by atoms with E-state index in [2.05, 4.69) is 20.7 Å². The molecule has 0 bridgehead atoms. The van der Waals surface area contributed by atoms with Crippen molar-refractivity contribution in [1.29, 1.82) is 0 Å². The lowest BCUT2D eigenvalue weighted by Gasteiger charge is -2.12. The summed E-state index contributed by atoms with van der Waals surface area (Å²) in [4.78, 5) is 12.8. The number of amides is 1. The fourth-order valence-corrected chi connectivity index (χ4v) is 3.17. The molecule has 2 aromatic carbocycles. The minimum Gasteiger partial charge on any atom is -0.493 e. The predicted octanol–water partition coefficient (Wildman–Crippen LogP) is 4.52. The number of H-pyrrole nitrogens is 1. The molecule has 1 amide bonds. The van der Waals surface area contributed by atoms with Gasteiger partial charge >= 0.3 is 0 Å². The molecule has 8 nitrogen and oxygen atoms in total. The highest BCUT2D eigenvalue weighted by molar-refractivity contribution is 6.04. The van der Waals surface area contributed by atoms with Gasteiger partial charge in [-0.15, -0.1) is 0 Å². The zero-order chi connectivity index (χ0) is 21.8. The van der Waals surface area contributed by atoms with Crippen LogP contribution in [0.15, 0.2) is 59.3 Å². The molecule has 0 aliphatic rings. The van der Waals surface area contributed by atoms with Crippen molar-refractivity contribution in [3.8, 4) is 22.8 Å². The zero-order valence-corrected chi connectivity index (χ0v) is 17.4. The van der Waals surface area contributed by atoms with E-state index in [0.29, 0.717) is 35.1 Å². The SMILES string of the molecule is COc1cc(C(=O)Nc2cccc(-c3ccn[nH]3)c2)ccc1OCc1c(C)noc1C. The quantitative estimate of drug-likeness (QED) is 0.457.